The van der Waals surface area contributed by atoms with E-state index in [9.17, 15) is 0 Å². The first-order valence-electron chi connectivity index (χ1n) is 2.79. The number of hydrogen-bond donors (Lipinski definition) is 0. The molecule has 0 aliphatic rings. The second-order valence-electron chi connectivity index (χ2n) is 2.79. The monoisotopic (exact) mass is 240 g/mol. The zero-order valence-corrected chi connectivity index (χ0v) is 8.73. The van der Waals surface area contributed by atoms with Crippen molar-refractivity contribution in [2.45, 2.75) is 19.1 Å². The molecule has 0 aromatic carbocycles. The highest BCUT2D eigenvalue weighted by molar-refractivity contribution is 14.1. The van der Waals surface area contributed by atoms with E-state index in [-0.39, 0.29) is 0 Å². The van der Waals surface area contributed by atoms with Crippen molar-refractivity contribution in [3.05, 3.63) is 12.7 Å². The molecule has 0 bridgehead atoms. The molecule has 0 aliphatic carbocycles. The highest BCUT2D eigenvalue weighted by Crippen LogP contribution is 2.11. The molecule has 8 heavy (non-hydrogen) atoms. The molecule has 0 radical (unpaired) electrons. The lowest BCUT2D eigenvalue weighted by atomic mass is 10.8. The average Bonchev–Trinajstić information content (AvgIpc) is 1.67. The van der Waals surface area contributed by atoms with Crippen molar-refractivity contribution in [1.82, 2.24) is 0 Å². The Kier molecular flexibility index (Phi) is 3.98. The highest BCUT2D eigenvalue weighted by atomic mass is 127. The second-order valence-corrected chi connectivity index (χ2v) is 10.1. The van der Waals surface area contributed by atoms with Gasteiger partial charge in [0.1, 0.15) is 0 Å². The van der Waals surface area contributed by atoms with E-state index in [0.29, 0.717) is 0 Å². The van der Waals surface area contributed by atoms with Crippen LogP contribution in [0, 0.1) is 0 Å². The van der Waals surface area contributed by atoms with Gasteiger partial charge in [-0.3, -0.25) is 0 Å². The fourth-order valence-corrected chi connectivity index (χ4v) is 2.27. The van der Waals surface area contributed by atoms with E-state index >= 15 is 0 Å². The molecule has 2 heteroatoms. The predicted molar refractivity (Wildman–Crippen MR) is 51.4 cm³/mol. The van der Waals surface area contributed by atoms with E-state index in [1.807, 2.05) is 6.08 Å². The molecule has 0 nitrogen and oxygen atoms in total. The number of alkyl halides is 1. The van der Waals surface area contributed by atoms with Crippen molar-refractivity contribution in [2.24, 2.45) is 0 Å². The molecular weight excluding hydrogens is 227 g/mol. The van der Waals surface area contributed by atoms with Gasteiger partial charge in [-0.2, -0.15) is 0 Å². The molecular formula is C6H13ISi. The van der Waals surface area contributed by atoms with Crippen LogP contribution in [0.4, 0.5) is 0 Å². The predicted octanol–water partition coefficient (Wildman–Crippen LogP) is 2.86. The molecule has 0 fully saturated rings. The summed E-state index contributed by atoms with van der Waals surface area (Å²) in [5.41, 5.74) is 0. The summed E-state index contributed by atoms with van der Waals surface area (Å²) in [7, 11) is -0.809. The Bertz CT molecular complexity index is 78.6. The smallest absolute Gasteiger partial charge is 0.0615 e. The van der Waals surface area contributed by atoms with Crippen LogP contribution in [-0.2, 0) is 0 Å². The summed E-state index contributed by atoms with van der Waals surface area (Å²) in [6.07, 6.45) is 2.05. The van der Waals surface area contributed by atoms with Gasteiger partial charge in [0.25, 0.3) is 0 Å². The van der Waals surface area contributed by atoms with Crippen molar-refractivity contribution >= 4 is 30.7 Å². The molecule has 0 rings (SSSR count). The molecule has 0 aliphatic heterocycles. The minimum atomic E-state index is -0.809. The van der Waals surface area contributed by atoms with Crippen LogP contribution in [0.15, 0.2) is 12.7 Å². The van der Waals surface area contributed by atoms with Crippen LogP contribution in [0.1, 0.15) is 0 Å². The molecule has 0 aromatic heterocycles. The average molecular weight is 240 g/mol. The van der Waals surface area contributed by atoms with Crippen molar-refractivity contribution < 1.29 is 0 Å². The molecule has 0 unspecified atom stereocenters. The zero-order valence-electron chi connectivity index (χ0n) is 5.58. The molecule has 0 heterocycles. The summed E-state index contributed by atoms with van der Waals surface area (Å²) in [6, 6.07) is 1.26. The van der Waals surface area contributed by atoms with Crippen LogP contribution in [0.5, 0.6) is 0 Å². The van der Waals surface area contributed by atoms with Gasteiger partial charge in [0.2, 0.25) is 0 Å². The van der Waals surface area contributed by atoms with Gasteiger partial charge in [-0.15, -0.1) is 6.58 Å². The number of rotatable bonds is 3. The second kappa shape index (κ2) is 3.66. The van der Waals surface area contributed by atoms with E-state index in [2.05, 4.69) is 42.3 Å². The van der Waals surface area contributed by atoms with Gasteiger partial charge in [0, 0.05) is 0 Å². The fourth-order valence-electron chi connectivity index (χ4n) is 0.445. The third-order valence-electron chi connectivity index (χ3n) is 1.06. The Morgan fingerprint density at radius 2 is 2.12 bits per heavy atom. The van der Waals surface area contributed by atoms with E-state index in [1.54, 1.807) is 0 Å². The SMILES string of the molecule is C=CC[Si](C)(C)CI. The minimum absolute atomic E-state index is 0.809. The largest absolute Gasteiger partial charge is 0.103 e. The van der Waals surface area contributed by atoms with Crippen LogP contribution in [0.25, 0.3) is 0 Å². The quantitative estimate of drug-likeness (QED) is 0.308. The van der Waals surface area contributed by atoms with Crippen LogP contribution >= 0.6 is 22.6 Å². The van der Waals surface area contributed by atoms with Gasteiger partial charge in [-0.25, -0.2) is 0 Å². The minimum Gasteiger partial charge on any atom is -0.103 e. The lowest BCUT2D eigenvalue weighted by Crippen LogP contribution is -2.26. The van der Waals surface area contributed by atoms with Gasteiger partial charge in [-0.1, -0.05) is 41.8 Å². The van der Waals surface area contributed by atoms with E-state index < -0.39 is 8.07 Å². The molecule has 0 spiro atoms. The lowest BCUT2D eigenvalue weighted by Gasteiger charge is -2.15. The third kappa shape index (κ3) is 3.66. The van der Waals surface area contributed by atoms with E-state index in [4.69, 9.17) is 0 Å². The standard InChI is InChI=1S/C6H13ISi/c1-4-5-8(2,3)6-7/h4H,1,5-6H2,2-3H3. The Labute approximate surface area is 66.5 Å². The van der Waals surface area contributed by atoms with Crippen molar-refractivity contribution in [3.8, 4) is 0 Å². The number of hydrogen-bond acceptors (Lipinski definition) is 0. The lowest BCUT2D eigenvalue weighted by molar-refractivity contribution is 1.52. The molecule has 0 saturated heterocycles. The number of halogens is 1. The Balaban J connectivity index is 3.53. The fraction of sp³-hybridized carbons (Fsp3) is 0.667. The van der Waals surface area contributed by atoms with Crippen LogP contribution in [-0.4, -0.2) is 12.1 Å². The molecule has 0 atom stereocenters. The molecule has 0 N–H and O–H groups in total. The first kappa shape index (κ1) is 8.69. The van der Waals surface area contributed by atoms with Gasteiger partial charge in [0.05, 0.1) is 8.07 Å². The van der Waals surface area contributed by atoms with Gasteiger partial charge in [0.15, 0.2) is 0 Å². The Hall–Kier alpha value is 0.687. The van der Waals surface area contributed by atoms with Gasteiger partial charge in [-0.05, 0) is 10.1 Å². The first-order valence-corrected chi connectivity index (χ1v) is 7.73. The maximum atomic E-state index is 3.73. The maximum Gasteiger partial charge on any atom is 0.0615 e. The highest BCUT2D eigenvalue weighted by Gasteiger charge is 2.15. The maximum absolute atomic E-state index is 3.73. The summed E-state index contributed by atoms with van der Waals surface area (Å²) in [5.74, 6) is 0. The van der Waals surface area contributed by atoms with E-state index in [1.165, 1.54) is 10.1 Å². The topological polar surface area (TPSA) is 0 Å². The normalized spacial score (nSPS) is 11.4. The summed E-state index contributed by atoms with van der Waals surface area (Å²) >= 11 is 2.47. The van der Waals surface area contributed by atoms with Crippen molar-refractivity contribution in [3.63, 3.8) is 0 Å². The summed E-state index contributed by atoms with van der Waals surface area (Å²) < 4.78 is 1.34. The summed E-state index contributed by atoms with van der Waals surface area (Å²) in [4.78, 5) is 0. The van der Waals surface area contributed by atoms with E-state index in [0.717, 1.165) is 0 Å². The van der Waals surface area contributed by atoms with Crippen molar-refractivity contribution in [1.29, 1.82) is 0 Å². The van der Waals surface area contributed by atoms with Crippen LogP contribution in [0.3, 0.4) is 0 Å². The Morgan fingerprint density at radius 1 is 1.62 bits per heavy atom. The van der Waals surface area contributed by atoms with Crippen LogP contribution < -0.4 is 0 Å². The number of allylic oxidation sites excluding steroid dienone is 1. The molecule has 0 amide bonds. The summed E-state index contributed by atoms with van der Waals surface area (Å²) in [5, 5.41) is 0. The zero-order chi connectivity index (χ0) is 6.62. The molecule has 0 aromatic rings. The third-order valence-corrected chi connectivity index (χ3v) is 9.37. The summed E-state index contributed by atoms with van der Waals surface area (Å²) in [6.45, 7) is 8.51. The van der Waals surface area contributed by atoms with Gasteiger partial charge < -0.3 is 0 Å². The Morgan fingerprint density at radius 3 is 2.25 bits per heavy atom. The molecule has 0 saturated carbocycles. The van der Waals surface area contributed by atoms with Crippen LogP contribution in [0.2, 0.25) is 19.1 Å². The van der Waals surface area contributed by atoms with Gasteiger partial charge >= 0.3 is 0 Å². The first-order chi connectivity index (χ1) is 3.62. The van der Waals surface area contributed by atoms with Crippen molar-refractivity contribution in [2.75, 3.05) is 4.05 Å². The molecule has 48 valence electrons.